The maximum absolute atomic E-state index is 11.2. The highest BCUT2D eigenvalue weighted by Crippen LogP contribution is 2.25. The second-order valence-electron chi connectivity index (χ2n) is 4.08. The molecule has 0 radical (unpaired) electrons. The summed E-state index contributed by atoms with van der Waals surface area (Å²) in [5, 5.41) is 12.2. The third-order valence-corrected chi connectivity index (χ3v) is 2.87. The molecule has 0 spiro atoms. The van der Waals surface area contributed by atoms with Gasteiger partial charge < -0.3 is 19.9 Å². The van der Waals surface area contributed by atoms with E-state index in [1.807, 2.05) is 0 Å². The number of aromatic carboxylic acids is 1. The molecule has 0 aliphatic heterocycles. The van der Waals surface area contributed by atoms with Crippen molar-refractivity contribution < 1.29 is 19.4 Å². The molecular formula is C14H15N3O4. The van der Waals surface area contributed by atoms with Crippen LogP contribution in [0.5, 0.6) is 11.8 Å². The van der Waals surface area contributed by atoms with Crippen LogP contribution < -0.4 is 14.8 Å². The van der Waals surface area contributed by atoms with E-state index in [-0.39, 0.29) is 12.1 Å². The molecule has 2 N–H and O–H groups in total. The molecule has 0 amide bonds. The zero-order valence-corrected chi connectivity index (χ0v) is 11.7. The number of carboxylic acids is 1. The van der Waals surface area contributed by atoms with Gasteiger partial charge in [-0.25, -0.2) is 14.8 Å². The summed E-state index contributed by atoms with van der Waals surface area (Å²) in [5.74, 6) is -0.245. The number of hydrogen-bond donors (Lipinski definition) is 2. The number of benzene rings is 1. The van der Waals surface area contributed by atoms with Crippen LogP contribution in [0.3, 0.4) is 0 Å². The predicted octanol–water partition coefficient (Wildman–Crippen LogP) is 1.80. The lowest BCUT2D eigenvalue weighted by molar-refractivity contribution is 0.0698. The first kappa shape index (κ1) is 14.6. The SMILES string of the molecule is COc1ncnc(OC)c1CNc1ccccc1C(=O)O. The topological polar surface area (TPSA) is 93.6 Å². The summed E-state index contributed by atoms with van der Waals surface area (Å²) >= 11 is 0. The Bertz CT molecular complexity index is 624. The number of aromatic nitrogens is 2. The second kappa shape index (κ2) is 6.56. The molecule has 1 aromatic carbocycles. The van der Waals surface area contributed by atoms with Crippen LogP contribution in [0.15, 0.2) is 30.6 Å². The van der Waals surface area contributed by atoms with E-state index in [1.165, 1.54) is 26.6 Å². The average Bonchev–Trinajstić information content (AvgIpc) is 2.52. The van der Waals surface area contributed by atoms with E-state index in [0.29, 0.717) is 23.0 Å². The molecule has 110 valence electrons. The molecule has 21 heavy (non-hydrogen) atoms. The van der Waals surface area contributed by atoms with Crippen molar-refractivity contribution in [3.05, 3.63) is 41.7 Å². The number of methoxy groups -OCH3 is 2. The Hall–Kier alpha value is -2.83. The van der Waals surface area contributed by atoms with Crippen molar-refractivity contribution in [1.29, 1.82) is 0 Å². The quantitative estimate of drug-likeness (QED) is 0.837. The van der Waals surface area contributed by atoms with E-state index in [1.54, 1.807) is 18.2 Å². The van der Waals surface area contributed by atoms with Gasteiger partial charge in [-0.1, -0.05) is 12.1 Å². The number of ether oxygens (including phenoxy) is 2. The number of carboxylic acid groups (broad SMARTS) is 1. The van der Waals surface area contributed by atoms with Crippen molar-refractivity contribution in [2.75, 3.05) is 19.5 Å². The van der Waals surface area contributed by atoms with E-state index in [4.69, 9.17) is 14.6 Å². The molecule has 2 aromatic rings. The Labute approximate surface area is 121 Å². The molecule has 0 fully saturated rings. The van der Waals surface area contributed by atoms with Crippen molar-refractivity contribution in [2.24, 2.45) is 0 Å². The number of carbonyl (C=O) groups is 1. The molecule has 0 aliphatic rings. The zero-order valence-electron chi connectivity index (χ0n) is 11.7. The lowest BCUT2D eigenvalue weighted by Crippen LogP contribution is -2.09. The van der Waals surface area contributed by atoms with E-state index in [9.17, 15) is 4.79 Å². The summed E-state index contributed by atoms with van der Waals surface area (Å²) < 4.78 is 10.3. The highest BCUT2D eigenvalue weighted by molar-refractivity contribution is 5.94. The van der Waals surface area contributed by atoms with Crippen LogP contribution in [-0.2, 0) is 6.54 Å². The Morgan fingerprint density at radius 3 is 2.38 bits per heavy atom. The molecule has 0 saturated carbocycles. The highest BCUT2D eigenvalue weighted by atomic mass is 16.5. The number of hydrogen-bond acceptors (Lipinski definition) is 6. The maximum atomic E-state index is 11.2. The third kappa shape index (κ3) is 3.19. The van der Waals surface area contributed by atoms with E-state index >= 15 is 0 Å². The van der Waals surface area contributed by atoms with Gasteiger partial charge in [0.25, 0.3) is 0 Å². The number of anilines is 1. The van der Waals surface area contributed by atoms with Crippen molar-refractivity contribution in [1.82, 2.24) is 9.97 Å². The molecule has 0 atom stereocenters. The van der Waals surface area contributed by atoms with Crippen LogP contribution >= 0.6 is 0 Å². The van der Waals surface area contributed by atoms with Gasteiger partial charge in [-0.2, -0.15) is 0 Å². The first-order chi connectivity index (χ1) is 10.2. The molecule has 0 saturated heterocycles. The van der Waals surface area contributed by atoms with Crippen LogP contribution in [0.25, 0.3) is 0 Å². The minimum absolute atomic E-state index is 0.187. The second-order valence-corrected chi connectivity index (χ2v) is 4.08. The normalized spacial score (nSPS) is 10.0. The van der Waals surface area contributed by atoms with Gasteiger partial charge in [-0.15, -0.1) is 0 Å². The maximum Gasteiger partial charge on any atom is 0.337 e. The van der Waals surface area contributed by atoms with Crippen molar-refractivity contribution >= 4 is 11.7 Å². The monoisotopic (exact) mass is 289 g/mol. The van der Waals surface area contributed by atoms with Crippen LogP contribution in [0.1, 0.15) is 15.9 Å². The molecule has 2 rings (SSSR count). The standard InChI is InChI=1S/C14H15N3O4/c1-20-12-10(13(21-2)17-8-16-12)7-15-11-6-4-3-5-9(11)14(18)19/h3-6,8,15H,7H2,1-2H3,(H,18,19). The van der Waals surface area contributed by atoms with Crippen LogP contribution in [-0.4, -0.2) is 35.3 Å². The van der Waals surface area contributed by atoms with E-state index < -0.39 is 5.97 Å². The minimum atomic E-state index is -0.999. The van der Waals surface area contributed by atoms with Gasteiger partial charge in [-0.3, -0.25) is 0 Å². The van der Waals surface area contributed by atoms with Crippen molar-refractivity contribution in [2.45, 2.75) is 6.54 Å². The molecular weight excluding hydrogens is 274 g/mol. The van der Waals surface area contributed by atoms with Gasteiger partial charge in [-0.05, 0) is 12.1 Å². The van der Waals surface area contributed by atoms with E-state index in [2.05, 4.69) is 15.3 Å². The molecule has 7 nitrogen and oxygen atoms in total. The number of nitrogens with zero attached hydrogens (tertiary/aromatic N) is 2. The van der Waals surface area contributed by atoms with Gasteiger partial charge in [0.2, 0.25) is 11.8 Å². The van der Waals surface area contributed by atoms with Gasteiger partial charge in [0, 0.05) is 5.69 Å². The minimum Gasteiger partial charge on any atom is -0.481 e. The number of nitrogens with one attached hydrogen (secondary N) is 1. The lowest BCUT2D eigenvalue weighted by Gasteiger charge is -2.13. The first-order valence-electron chi connectivity index (χ1n) is 6.15. The summed E-state index contributed by atoms with van der Waals surface area (Å²) in [6.45, 7) is 0.275. The van der Waals surface area contributed by atoms with Gasteiger partial charge in [0.15, 0.2) is 0 Å². The summed E-state index contributed by atoms with van der Waals surface area (Å²) in [7, 11) is 2.99. The fourth-order valence-electron chi connectivity index (χ4n) is 1.89. The molecule has 0 unspecified atom stereocenters. The Morgan fingerprint density at radius 1 is 1.19 bits per heavy atom. The predicted molar refractivity (Wildman–Crippen MR) is 75.9 cm³/mol. The summed E-state index contributed by atoms with van der Waals surface area (Å²) in [6, 6.07) is 6.64. The lowest BCUT2D eigenvalue weighted by atomic mass is 10.1. The molecule has 0 bridgehead atoms. The van der Waals surface area contributed by atoms with Crippen LogP contribution in [0.4, 0.5) is 5.69 Å². The van der Waals surface area contributed by atoms with Crippen molar-refractivity contribution in [3.8, 4) is 11.8 Å². The number of para-hydroxylation sites is 1. The molecule has 1 aromatic heterocycles. The van der Waals surface area contributed by atoms with Gasteiger partial charge in [0.1, 0.15) is 6.33 Å². The molecule has 0 aliphatic carbocycles. The fraction of sp³-hybridized carbons (Fsp3) is 0.214. The highest BCUT2D eigenvalue weighted by Gasteiger charge is 2.14. The zero-order chi connectivity index (χ0) is 15.2. The first-order valence-corrected chi connectivity index (χ1v) is 6.15. The van der Waals surface area contributed by atoms with E-state index in [0.717, 1.165) is 0 Å². The van der Waals surface area contributed by atoms with Crippen LogP contribution in [0, 0.1) is 0 Å². The van der Waals surface area contributed by atoms with Gasteiger partial charge >= 0.3 is 5.97 Å². The van der Waals surface area contributed by atoms with Gasteiger partial charge in [0.05, 0.1) is 31.9 Å². The average molecular weight is 289 g/mol. The smallest absolute Gasteiger partial charge is 0.337 e. The Kier molecular flexibility index (Phi) is 4.55. The Balaban J connectivity index is 2.26. The fourth-order valence-corrected chi connectivity index (χ4v) is 1.89. The Morgan fingerprint density at radius 2 is 1.81 bits per heavy atom. The number of rotatable bonds is 6. The van der Waals surface area contributed by atoms with Crippen LogP contribution in [0.2, 0.25) is 0 Å². The summed E-state index contributed by atoms with van der Waals surface area (Å²) in [4.78, 5) is 19.2. The third-order valence-electron chi connectivity index (χ3n) is 2.87. The molecule has 7 heteroatoms. The van der Waals surface area contributed by atoms with Crippen molar-refractivity contribution in [3.63, 3.8) is 0 Å². The summed E-state index contributed by atoms with van der Waals surface area (Å²) in [5.41, 5.74) is 1.30. The summed E-state index contributed by atoms with van der Waals surface area (Å²) in [6.07, 6.45) is 1.34. The molecule has 1 heterocycles. The largest absolute Gasteiger partial charge is 0.481 e.